The van der Waals surface area contributed by atoms with E-state index in [1.807, 2.05) is 18.2 Å². The quantitative estimate of drug-likeness (QED) is 0.323. The van der Waals surface area contributed by atoms with Crippen molar-refractivity contribution in [1.82, 2.24) is 15.1 Å². The largest absolute Gasteiger partial charge is 0.366 e. The van der Waals surface area contributed by atoms with Gasteiger partial charge < -0.3 is 16.0 Å². The fourth-order valence-corrected chi connectivity index (χ4v) is 4.04. The molecule has 6 nitrogen and oxygen atoms in total. The summed E-state index contributed by atoms with van der Waals surface area (Å²) in [7, 11) is 0. The van der Waals surface area contributed by atoms with E-state index in [0.717, 1.165) is 50.7 Å². The van der Waals surface area contributed by atoms with Gasteiger partial charge in [-0.15, -0.1) is 24.0 Å². The molecule has 0 bridgehead atoms. The number of carbonyl (C=O) groups excluding carboxylic acids is 1. The Balaban J connectivity index is 0.00000341. The normalized spacial score (nSPS) is 15.8. The Hall–Kier alpha value is -2.13. The van der Waals surface area contributed by atoms with Crippen molar-refractivity contribution in [3.05, 3.63) is 71.3 Å². The lowest BCUT2D eigenvalue weighted by Crippen LogP contribution is -2.53. The molecule has 1 heterocycles. The molecule has 0 radical (unpaired) electrons. The topological polar surface area (TPSA) is 74.0 Å². The summed E-state index contributed by atoms with van der Waals surface area (Å²) in [6.07, 6.45) is 1.11. The maximum atomic E-state index is 11.4. The van der Waals surface area contributed by atoms with Gasteiger partial charge in [0.2, 0.25) is 5.91 Å². The molecule has 1 unspecified atom stereocenters. The van der Waals surface area contributed by atoms with Crippen molar-refractivity contribution in [3.63, 3.8) is 0 Å². The van der Waals surface area contributed by atoms with Crippen LogP contribution in [0, 0.1) is 0 Å². The molecule has 2 aromatic carbocycles. The van der Waals surface area contributed by atoms with Gasteiger partial charge >= 0.3 is 0 Å². The summed E-state index contributed by atoms with van der Waals surface area (Å²) >= 11 is 0. The number of hydrogen-bond donors (Lipinski definition) is 2. The third-order valence-electron chi connectivity index (χ3n) is 5.58. The number of nitrogens with zero attached hydrogens (tertiary/aromatic N) is 3. The first-order valence-electron chi connectivity index (χ1n) is 10.8. The number of benzene rings is 2. The molecule has 1 aliphatic heterocycles. The lowest BCUT2D eigenvalue weighted by Gasteiger charge is -2.40. The number of primary amides is 1. The molecule has 1 atom stereocenters. The minimum absolute atomic E-state index is 0. The second-order valence-electron chi connectivity index (χ2n) is 7.59. The van der Waals surface area contributed by atoms with Crippen molar-refractivity contribution in [2.45, 2.75) is 32.9 Å². The second kappa shape index (κ2) is 12.7. The van der Waals surface area contributed by atoms with Crippen molar-refractivity contribution in [1.29, 1.82) is 0 Å². The number of hydrogen-bond acceptors (Lipinski definition) is 3. The zero-order valence-corrected chi connectivity index (χ0v) is 20.8. The molecule has 3 rings (SSSR count). The summed E-state index contributed by atoms with van der Waals surface area (Å²) in [5.41, 5.74) is 8.29. The highest BCUT2D eigenvalue weighted by molar-refractivity contribution is 14.0. The summed E-state index contributed by atoms with van der Waals surface area (Å²) in [5, 5.41) is 3.42. The molecular formula is C24H34IN5O. The highest BCUT2D eigenvalue weighted by atomic mass is 127. The fourth-order valence-electron chi connectivity index (χ4n) is 4.04. The van der Waals surface area contributed by atoms with E-state index in [1.54, 1.807) is 6.07 Å². The van der Waals surface area contributed by atoms with Crippen LogP contribution in [0.3, 0.4) is 0 Å². The van der Waals surface area contributed by atoms with Crippen LogP contribution in [0.1, 0.15) is 47.8 Å². The Labute approximate surface area is 202 Å². The van der Waals surface area contributed by atoms with Crippen molar-refractivity contribution in [2.24, 2.45) is 10.7 Å². The van der Waals surface area contributed by atoms with Gasteiger partial charge in [0, 0.05) is 44.3 Å². The van der Waals surface area contributed by atoms with E-state index in [4.69, 9.17) is 10.7 Å². The first-order chi connectivity index (χ1) is 14.6. The van der Waals surface area contributed by atoms with Crippen molar-refractivity contribution in [2.75, 3.05) is 32.7 Å². The van der Waals surface area contributed by atoms with Gasteiger partial charge in [0.1, 0.15) is 0 Å². The lowest BCUT2D eigenvalue weighted by molar-refractivity contribution is 0.1000. The van der Waals surface area contributed by atoms with Crippen molar-refractivity contribution < 1.29 is 4.79 Å². The lowest BCUT2D eigenvalue weighted by atomic mass is 10.0. The van der Waals surface area contributed by atoms with Crippen molar-refractivity contribution in [3.8, 4) is 0 Å². The molecule has 0 saturated carbocycles. The van der Waals surface area contributed by atoms with Crippen LogP contribution in [0.4, 0.5) is 0 Å². The third-order valence-corrected chi connectivity index (χ3v) is 5.58. The Morgan fingerprint density at radius 1 is 1.06 bits per heavy atom. The highest BCUT2D eigenvalue weighted by Gasteiger charge is 2.25. The molecule has 1 fully saturated rings. The van der Waals surface area contributed by atoms with E-state index in [0.29, 0.717) is 18.2 Å². The smallest absolute Gasteiger partial charge is 0.248 e. The van der Waals surface area contributed by atoms with Crippen LogP contribution in [0.5, 0.6) is 0 Å². The Morgan fingerprint density at radius 2 is 1.77 bits per heavy atom. The average molecular weight is 535 g/mol. The number of aliphatic imine (C=N–C) groups is 1. The SMILES string of the molecule is CCNC(=NCc1cccc(C(N)=O)c1)N1CCN(C(CC)c2ccccc2)CC1.I. The van der Waals surface area contributed by atoms with Gasteiger partial charge in [0.25, 0.3) is 0 Å². The van der Waals surface area contributed by atoms with Crippen LogP contribution in [0.2, 0.25) is 0 Å². The molecule has 3 N–H and O–H groups in total. The fraction of sp³-hybridized carbons (Fsp3) is 0.417. The number of piperazine rings is 1. The first kappa shape index (κ1) is 25.1. The van der Waals surface area contributed by atoms with Gasteiger partial charge in [0.05, 0.1) is 6.54 Å². The number of nitrogens with two attached hydrogens (primary N) is 1. The number of rotatable bonds is 7. The Kier molecular flexibility index (Phi) is 10.3. The second-order valence-corrected chi connectivity index (χ2v) is 7.59. The van der Waals surface area contributed by atoms with E-state index < -0.39 is 5.91 Å². The van der Waals surface area contributed by atoms with Crippen LogP contribution in [-0.2, 0) is 6.54 Å². The molecular weight excluding hydrogens is 501 g/mol. The summed E-state index contributed by atoms with van der Waals surface area (Å²) < 4.78 is 0. The number of amides is 1. The van der Waals surface area contributed by atoms with Gasteiger partial charge in [-0.25, -0.2) is 4.99 Å². The van der Waals surface area contributed by atoms with Crippen LogP contribution in [0.25, 0.3) is 0 Å². The first-order valence-corrected chi connectivity index (χ1v) is 10.8. The molecule has 2 aromatic rings. The predicted octanol–water partition coefficient (Wildman–Crippen LogP) is 3.64. The van der Waals surface area contributed by atoms with Crippen LogP contribution in [-0.4, -0.2) is 54.4 Å². The Bertz CT molecular complexity index is 850. The third kappa shape index (κ3) is 6.93. The van der Waals surface area contributed by atoms with Crippen LogP contribution in [0.15, 0.2) is 59.6 Å². The zero-order chi connectivity index (χ0) is 21.3. The van der Waals surface area contributed by atoms with Crippen molar-refractivity contribution >= 4 is 35.8 Å². The highest BCUT2D eigenvalue weighted by Crippen LogP contribution is 2.25. The molecule has 1 saturated heterocycles. The number of nitrogens with one attached hydrogen (secondary N) is 1. The molecule has 1 amide bonds. The number of guanidine groups is 1. The minimum Gasteiger partial charge on any atom is -0.366 e. The average Bonchev–Trinajstić information content (AvgIpc) is 2.78. The number of carbonyl (C=O) groups is 1. The molecule has 31 heavy (non-hydrogen) atoms. The van der Waals surface area contributed by atoms with Gasteiger partial charge in [0.15, 0.2) is 5.96 Å². The zero-order valence-electron chi connectivity index (χ0n) is 18.5. The predicted molar refractivity (Wildman–Crippen MR) is 138 cm³/mol. The minimum atomic E-state index is -0.409. The standard InChI is InChI=1S/C24H33N5O.HI/c1-3-22(20-10-6-5-7-11-20)28-13-15-29(16-14-28)24(26-4-2)27-18-19-9-8-12-21(17-19)23(25)30;/h5-12,17,22H,3-4,13-16,18H2,1-2H3,(H2,25,30)(H,26,27);1H. The van der Waals surface area contributed by atoms with Gasteiger partial charge in [-0.05, 0) is 36.6 Å². The maximum absolute atomic E-state index is 11.4. The van der Waals surface area contributed by atoms with E-state index in [-0.39, 0.29) is 24.0 Å². The molecule has 0 spiro atoms. The van der Waals surface area contributed by atoms with Gasteiger partial charge in [-0.3, -0.25) is 9.69 Å². The summed E-state index contributed by atoms with van der Waals surface area (Å²) in [5.74, 6) is 0.516. The maximum Gasteiger partial charge on any atom is 0.248 e. The van der Waals surface area contributed by atoms with Crippen LogP contribution >= 0.6 is 24.0 Å². The van der Waals surface area contributed by atoms with E-state index in [1.165, 1.54) is 5.56 Å². The monoisotopic (exact) mass is 535 g/mol. The molecule has 1 aliphatic rings. The van der Waals surface area contributed by atoms with Crippen LogP contribution < -0.4 is 11.1 Å². The number of halogens is 1. The molecule has 0 aliphatic carbocycles. The van der Waals surface area contributed by atoms with E-state index in [9.17, 15) is 4.79 Å². The van der Waals surface area contributed by atoms with E-state index >= 15 is 0 Å². The van der Waals surface area contributed by atoms with E-state index in [2.05, 4.69) is 59.3 Å². The summed E-state index contributed by atoms with van der Waals surface area (Å²) in [6.45, 7) is 9.59. The van der Waals surface area contributed by atoms with Gasteiger partial charge in [-0.1, -0.05) is 49.4 Å². The molecule has 7 heteroatoms. The summed E-state index contributed by atoms with van der Waals surface area (Å²) in [4.78, 5) is 21.1. The Morgan fingerprint density at radius 3 is 2.39 bits per heavy atom. The summed E-state index contributed by atoms with van der Waals surface area (Å²) in [6, 6.07) is 18.6. The molecule has 168 valence electrons. The van der Waals surface area contributed by atoms with Gasteiger partial charge in [-0.2, -0.15) is 0 Å². The molecule has 0 aromatic heterocycles.